The lowest BCUT2D eigenvalue weighted by Gasteiger charge is -2.29. The molecule has 0 aliphatic heterocycles. The van der Waals surface area contributed by atoms with Crippen LogP contribution in [0.15, 0.2) is 18.2 Å². The number of carbonyl (C=O) groups is 1. The van der Waals surface area contributed by atoms with Crippen LogP contribution in [0.1, 0.15) is 26.3 Å². The Morgan fingerprint density at radius 1 is 1.25 bits per heavy atom. The highest BCUT2D eigenvalue weighted by molar-refractivity contribution is 5.93. The predicted octanol–water partition coefficient (Wildman–Crippen LogP) is 3.39. The first-order valence-corrected chi connectivity index (χ1v) is 7.57. The van der Waals surface area contributed by atoms with Crippen LogP contribution in [-0.2, 0) is 6.18 Å². The van der Waals surface area contributed by atoms with Crippen molar-refractivity contribution in [1.82, 2.24) is 4.90 Å². The number of amides is 2. The number of hydrogen-bond donors (Lipinski definition) is 2. The van der Waals surface area contributed by atoms with Crippen LogP contribution < -0.4 is 10.2 Å². The molecule has 5 nitrogen and oxygen atoms in total. The number of aliphatic hydroxyl groups excluding tert-OH is 1. The average molecular weight is 347 g/mol. The van der Waals surface area contributed by atoms with Gasteiger partial charge >= 0.3 is 12.2 Å². The molecule has 0 aromatic heterocycles. The highest BCUT2D eigenvalue weighted by Crippen LogP contribution is 2.35. The molecule has 0 radical (unpaired) electrons. The zero-order chi connectivity index (χ0) is 18.7. The van der Waals surface area contributed by atoms with Crippen molar-refractivity contribution < 1.29 is 23.1 Å². The number of carbonyl (C=O) groups excluding carboxylic acids is 1. The van der Waals surface area contributed by atoms with E-state index in [1.165, 1.54) is 17.9 Å². The van der Waals surface area contributed by atoms with E-state index in [2.05, 4.69) is 5.32 Å². The van der Waals surface area contributed by atoms with Gasteiger partial charge in [-0.3, -0.25) is 0 Å². The molecule has 1 aromatic carbocycles. The van der Waals surface area contributed by atoms with Crippen LogP contribution in [0.2, 0.25) is 0 Å². The van der Waals surface area contributed by atoms with E-state index in [9.17, 15) is 23.1 Å². The van der Waals surface area contributed by atoms with Crippen LogP contribution in [0, 0.1) is 0 Å². The first kappa shape index (κ1) is 20.1. The van der Waals surface area contributed by atoms with E-state index in [0.717, 1.165) is 12.1 Å². The number of nitrogens with zero attached hydrogens (tertiary/aromatic N) is 2. The van der Waals surface area contributed by atoms with E-state index in [0.29, 0.717) is 5.69 Å². The topological polar surface area (TPSA) is 55.8 Å². The molecule has 1 rings (SSSR count). The minimum atomic E-state index is -4.50. The molecular formula is C16H24F3N3O2. The summed E-state index contributed by atoms with van der Waals surface area (Å²) in [4.78, 5) is 15.4. The van der Waals surface area contributed by atoms with Gasteiger partial charge in [0.25, 0.3) is 0 Å². The Bertz CT molecular complexity index is 572. The Labute approximate surface area is 140 Å². The molecule has 136 valence electrons. The highest BCUT2D eigenvalue weighted by Gasteiger charge is 2.31. The normalized spacial score (nSPS) is 12.9. The van der Waals surface area contributed by atoms with Crippen LogP contribution in [0.4, 0.5) is 29.3 Å². The van der Waals surface area contributed by atoms with E-state index in [1.807, 2.05) is 0 Å². The van der Waals surface area contributed by atoms with Crippen molar-refractivity contribution in [2.45, 2.75) is 39.1 Å². The van der Waals surface area contributed by atoms with Gasteiger partial charge < -0.3 is 20.2 Å². The number of urea groups is 1. The molecule has 0 aliphatic rings. The molecule has 1 atom stereocenters. The van der Waals surface area contributed by atoms with E-state index in [1.54, 1.807) is 32.8 Å². The van der Waals surface area contributed by atoms with Gasteiger partial charge in [-0.15, -0.1) is 0 Å². The summed E-state index contributed by atoms with van der Waals surface area (Å²) in [7, 11) is 3.35. The number of hydrogen-bond acceptors (Lipinski definition) is 3. The van der Waals surface area contributed by atoms with Gasteiger partial charge in [0.05, 0.1) is 23.0 Å². The second kappa shape index (κ2) is 7.74. The molecule has 0 aliphatic carbocycles. The van der Waals surface area contributed by atoms with Gasteiger partial charge in [0.15, 0.2) is 0 Å². The second-order valence-corrected chi connectivity index (χ2v) is 6.15. The Balaban J connectivity index is 3.16. The Hall–Kier alpha value is -1.96. The van der Waals surface area contributed by atoms with Crippen LogP contribution in [0.3, 0.4) is 0 Å². The van der Waals surface area contributed by atoms with Gasteiger partial charge in [-0.1, -0.05) is 0 Å². The van der Waals surface area contributed by atoms with E-state index >= 15 is 0 Å². The third-order valence-electron chi connectivity index (χ3n) is 3.39. The van der Waals surface area contributed by atoms with Crippen molar-refractivity contribution in [3.8, 4) is 0 Å². The Morgan fingerprint density at radius 2 is 1.83 bits per heavy atom. The Kier molecular flexibility index (Phi) is 6.48. The summed E-state index contributed by atoms with van der Waals surface area (Å²) >= 11 is 0. The maximum absolute atomic E-state index is 12.9. The predicted molar refractivity (Wildman–Crippen MR) is 88.3 cm³/mol. The molecule has 0 spiro atoms. The lowest BCUT2D eigenvalue weighted by Crippen LogP contribution is -2.44. The number of rotatable bonds is 5. The van der Waals surface area contributed by atoms with Crippen molar-refractivity contribution in [2.24, 2.45) is 0 Å². The summed E-state index contributed by atoms with van der Waals surface area (Å²) < 4.78 is 38.8. The van der Waals surface area contributed by atoms with Gasteiger partial charge in [0.2, 0.25) is 0 Å². The van der Waals surface area contributed by atoms with Crippen molar-refractivity contribution >= 4 is 17.4 Å². The lowest BCUT2D eigenvalue weighted by molar-refractivity contribution is -0.137. The largest absolute Gasteiger partial charge is 0.416 e. The maximum Gasteiger partial charge on any atom is 0.416 e. The number of anilines is 2. The summed E-state index contributed by atoms with van der Waals surface area (Å²) in [6.45, 7) is 5.15. The number of aliphatic hydroxyl groups is 1. The summed E-state index contributed by atoms with van der Waals surface area (Å²) in [5, 5.41) is 12.0. The monoisotopic (exact) mass is 347 g/mol. The highest BCUT2D eigenvalue weighted by atomic mass is 19.4. The standard InChI is InChI=1S/C16H24F3N3O2/c1-10(2)22(9-11(3)23)15(24)20-13-8-12(16(17,18)19)6-7-14(13)21(4)5/h6-8,10-11,23H,9H2,1-5H3,(H,20,24). The molecule has 0 bridgehead atoms. The fraction of sp³-hybridized carbons (Fsp3) is 0.562. The maximum atomic E-state index is 12.9. The number of benzene rings is 1. The molecule has 8 heteroatoms. The van der Waals surface area contributed by atoms with Crippen LogP contribution >= 0.6 is 0 Å². The van der Waals surface area contributed by atoms with Crippen molar-refractivity contribution in [3.63, 3.8) is 0 Å². The van der Waals surface area contributed by atoms with Gasteiger partial charge in [-0.25, -0.2) is 4.79 Å². The fourth-order valence-electron chi connectivity index (χ4n) is 2.20. The molecule has 0 saturated carbocycles. The fourth-order valence-corrected chi connectivity index (χ4v) is 2.20. The SMILES string of the molecule is CC(O)CN(C(=O)Nc1cc(C(F)(F)F)ccc1N(C)C)C(C)C. The van der Waals surface area contributed by atoms with Gasteiger partial charge in [0.1, 0.15) is 0 Å². The molecule has 2 amide bonds. The molecule has 2 N–H and O–H groups in total. The summed E-state index contributed by atoms with van der Waals surface area (Å²) in [5.74, 6) is 0. The zero-order valence-corrected chi connectivity index (χ0v) is 14.5. The number of alkyl halides is 3. The average Bonchev–Trinajstić information content (AvgIpc) is 2.42. The summed E-state index contributed by atoms with van der Waals surface area (Å²) in [6, 6.07) is 2.42. The number of halogens is 3. The summed E-state index contributed by atoms with van der Waals surface area (Å²) in [6.07, 6.45) is -5.24. The van der Waals surface area contributed by atoms with Crippen molar-refractivity contribution in [3.05, 3.63) is 23.8 Å². The number of nitrogens with one attached hydrogen (secondary N) is 1. The first-order chi connectivity index (χ1) is 10.9. The van der Waals surface area contributed by atoms with Gasteiger partial charge in [-0.2, -0.15) is 13.2 Å². The van der Waals surface area contributed by atoms with Crippen LogP contribution in [-0.4, -0.2) is 48.8 Å². The third-order valence-corrected chi connectivity index (χ3v) is 3.39. The summed E-state index contributed by atoms with van der Waals surface area (Å²) in [5.41, 5.74) is -0.316. The molecule has 0 fully saturated rings. The van der Waals surface area contributed by atoms with Gasteiger partial charge in [0, 0.05) is 26.7 Å². The van der Waals surface area contributed by atoms with E-state index in [4.69, 9.17) is 0 Å². The molecule has 0 saturated heterocycles. The molecule has 1 unspecified atom stereocenters. The van der Waals surface area contributed by atoms with Crippen molar-refractivity contribution in [1.29, 1.82) is 0 Å². The Morgan fingerprint density at radius 3 is 2.25 bits per heavy atom. The minimum absolute atomic E-state index is 0.0658. The van der Waals surface area contributed by atoms with Crippen molar-refractivity contribution in [2.75, 3.05) is 30.9 Å². The van der Waals surface area contributed by atoms with E-state index in [-0.39, 0.29) is 18.3 Å². The lowest BCUT2D eigenvalue weighted by atomic mass is 10.1. The minimum Gasteiger partial charge on any atom is -0.392 e. The quantitative estimate of drug-likeness (QED) is 0.858. The van der Waals surface area contributed by atoms with Gasteiger partial charge in [-0.05, 0) is 39.0 Å². The molecular weight excluding hydrogens is 323 g/mol. The molecule has 1 aromatic rings. The van der Waals surface area contributed by atoms with Crippen LogP contribution in [0.25, 0.3) is 0 Å². The first-order valence-electron chi connectivity index (χ1n) is 7.57. The molecule has 24 heavy (non-hydrogen) atoms. The van der Waals surface area contributed by atoms with E-state index < -0.39 is 23.9 Å². The zero-order valence-electron chi connectivity index (χ0n) is 14.5. The van der Waals surface area contributed by atoms with Crippen LogP contribution in [0.5, 0.6) is 0 Å². The molecule has 0 heterocycles. The second-order valence-electron chi connectivity index (χ2n) is 6.15. The smallest absolute Gasteiger partial charge is 0.392 e. The third kappa shape index (κ3) is 5.30.